The number of nitrogen functional groups attached to an aromatic ring is 1. The molecule has 1 aliphatic rings. The van der Waals surface area contributed by atoms with Gasteiger partial charge >= 0.3 is 6.09 Å². The van der Waals surface area contributed by atoms with Crippen LogP contribution in [0.1, 0.15) is 21.7 Å². The zero-order valence-electron chi connectivity index (χ0n) is 22.3. The zero-order chi connectivity index (χ0) is 28.4. The van der Waals surface area contributed by atoms with Crippen LogP contribution in [0.4, 0.5) is 22.0 Å². The Kier molecular flexibility index (Phi) is 8.91. The first-order valence-corrected chi connectivity index (χ1v) is 13.2. The highest BCUT2D eigenvalue weighted by Gasteiger charge is 2.20. The summed E-state index contributed by atoms with van der Waals surface area (Å²) in [6.07, 6.45) is 6.44. The minimum absolute atomic E-state index is 0.00146. The smallest absolute Gasteiger partial charge is 0.407 e. The van der Waals surface area contributed by atoms with E-state index in [2.05, 4.69) is 35.5 Å². The number of benzene rings is 1. The van der Waals surface area contributed by atoms with Crippen molar-refractivity contribution < 1.29 is 19.1 Å². The first-order chi connectivity index (χ1) is 20.1. The van der Waals surface area contributed by atoms with Gasteiger partial charge in [0.2, 0.25) is 0 Å². The number of rotatable bonds is 9. The molecule has 3 aromatic heterocycles. The minimum Gasteiger partial charge on any atom is -0.445 e. The van der Waals surface area contributed by atoms with Gasteiger partial charge in [-0.1, -0.05) is 30.3 Å². The number of aromatic nitrogens is 4. The van der Waals surface area contributed by atoms with Crippen LogP contribution in [0.15, 0.2) is 73.3 Å². The number of alkyl carbamates (subject to hydrolysis) is 1. The highest BCUT2D eigenvalue weighted by atomic mass is 16.5. The second kappa shape index (κ2) is 13.3. The summed E-state index contributed by atoms with van der Waals surface area (Å²) in [5, 5.41) is 5.60. The van der Waals surface area contributed by atoms with E-state index in [9.17, 15) is 9.59 Å². The third kappa shape index (κ3) is 7.31. The van der Waals surface area contributed by atoms with Gasteiger partial charge in [0.05, 0.1) is 42.7 Å². The molecule has 4 N–H and O–H groups in total. The van der Waals surface area contributed by atoms with E-state index in [0.717, 1.165) is 16.9 Å². The summed E-state index contributed by atoms with van der Waals surface area (Å²) in [6.45, 7) is 3.22. The van der Waals surface area contributed by atoms with E-state index >= 15 is 0 Å². The molecule has 0 aliphatic carbocycles. The normalized spacial score (nSPS) is 12.9. The number of nitrogens with one attached hydrogen (secondary N) is 2. The number of anilines is 3. The maximum absolute atomic E-state index is 13.2. The summed E-state index contributed by atoms with van der Waals surface area (Å²) < 4.78 is 10.7. The van der Waals surface area contributed by atoms with Crippen molar-refractivity contribution in [2.45, 2.75) is 13.0 Å². The number of pyridine rings is 2. The van der Waals surface area contributed by atoms with Crippen molar-refractivity contribution in [3.63, 3.8) is 0 Å². The molecule has 4 heterocycles. The second-order valence-electron chi connectivity index (χ2n) is 9.21. The molecule has 12 nitrogen and oxygen atoms in total. The molecule has 0 atom stereocenters. The summed E-state index contributed by atoms with van der Waals surface area (Å²) in [6, 6.07) is 15.0. The van der Waals surface area contributed by atoms with Crippen LogP contribution in [-0.4, -0.2) is 64.8 Å². The highest BCUT2D eigenvalue weighted by Crippen LogP contribution is 2.26. The molecule has 5 rings (SSSR count). The zero-order valence-corrected chi connectivity index (χ0v) is 22.3. The van der Waals surface area contributed by atoms with Gasteiger partial charge in [-0.2, -0.15) is 0 Å². The van der Waals surface area contributed by atoms with Crippen molar-refractivity contribution in [3.8, 4) is 11.3 Å². The molecule has 0 saturated carbocycles. The number of carbonyl (C=O) groups is 2. The van der Waals surface area contributed by atoms with Gasteiger partial charge in [-0.3, -0.25) is 14.8 Å². The standard InChI is InChI=1S/C29H30N8O4/c30-27-26(28(38)36-24-17-31-10-9-25(24)37-12-14-40-15-13-37)35-23(18-34-27)21-6-7-22(33-16-21)8-11-32-29(39)41-19-20-4-2-1-3-5-20/h1-7,9-10,16-18H,8,11-15,19H2,(H2,30,34)(H,32,39)(H,36,38). The fourth-order valence-electron chi connectivity index (χ4n) is 4.24. The van der Waals surface area contributed by atoms with Gasteiger partial charge in [-0.05, 0) is 23.8 Å². The highest BCUT2D eigenvalue weighted by molar-refractivity contribution is 6.07. The summed E-state index contributed by atoms with van der Waals surface area (Å²) in [5.41, 5.74) is 10.2. The Hall–Kier alpha value is -5.10. The molecular weight excluding hydrogens is 524 g/mol. The molecule has 1 saturated heterocycles. The largest absolute Gasteiger partial charge is 0.445 e. The molecular formula is C29H30N8O4. The SMILES string of the molecule is Nc1ncc(-c2ccc(CCNC(=O)OCc3ccccc3)nc2)nc1C(=O)Nc1cnccc1N1CCOCC1. The molecule has 0 bridgehead atoms. The topological polar surface area (TPSA) is 157 Å². The number of carbonyl (C=O) groups excluding carboxylic acids is 2. The Morgan fingerprint density at radius 1 is 1.00 bits per heavy atom. The van der Waals surface area contributed by atoms with Gasteiger partial charge in [-0.15, -0.1) is 0 Å². The molecule has 4 aromatic rings. The summed E-state index contributed by atoms with van der Waals surface area (Å²) >= 11 is 0. The van der Waals surface area contributed by atoms with E-state index < -0.39 is 12.0 Å². The lowest BCUT2D eigenvalue weighted by atomic mass is 10.1. The van der Waals surface area contributed by atoms with E-state index in [-0.39, 0.29) is 18.1 Å². The van der Waals surface area contributed by atoms with Gasteiger partial charge in [0.25, 0.3) is 5.91 Å². The monoisotopic (exact) mass is 554 g/mol. The Bertz CT molecular complexity index is 1480. The fourth-order valence-corrected chi connectivity index (χ4v) is 4.24. The van der Waals surface area contributed by atoms with Crippen LogP contribution in [-0.2, 0) is 22.5 Å². The van der Waals surface area contributed by atoms with Crippen LogP contribution in [0.2, 0.25) is 0 Å². The average molecular weight is 555 g/mol. The van der Waals surface area contributed by atoms with Crippen molar-refractivity contribution in [2.24, 2.45) is 0 Å². The molecule has 0 unspecified atom stereocenters. The molecule has 1 aliphatic heterocycles. The molecule has 12 heteroatoms. The maximum Gasteiger partial charge on any atom is 0.407 e. The number of nitrogens with zero attached hydrogens (tertiary/aromatic N) is 5. The summed E-state index contributed by atoms with van der Waals surface area (Å²) in [7, 11) is 0. The predicted molar refractivity (Wildman–Crippen MR) is 153 cm³/mol. The third-order valence-corrected chi connectivity index (χ3v) is 6.40. The number of morpholine rings is 1. The van der Waals surface area contributed by atoms with Crippen LogP contribution in [0.3, 0.4) is 0 Å². The van der Waals surface area contributed by atoms with Gasteiger partial charge in [0.1, 0.15) is 6.61 Å². The van der Waals surface area contributed by atoms with Crippen LogP contribution in [0.5, 0.6) is 0 Å². The van der Waals surface area contributed by atoms with Crippen molar-refractivity contribution in [1.82, 2.24) is 25.3 Å². The maximum atomic E-state index is 13.2. The number of amides is 2. The van der Waals surface area contributed by atoms with E-state index in [1.54, 1.807) is 18.6 Å². The quantitative estimate of drug-likeness (QED) is 0.281. The van der Waals surface area contributed by atoms with E-state index in [0.29, 0.717) is 56.2 Å². The third-order valence-electron chi connectivity index (χ3n) is 6.40. The lowest BCUT2D eigenvalue weighted by Gasteiger charge is -2.30. The van der Waals surface area contributed by atoms with E-state index in [4.69, 9.17) is 15.2 Å². The van der Waals surface area contributed by atoms with Gasteiger partial charge in [-0.25, -0.2) is 14.8 Å². The predicted octanol–water partition coefficient (Wildman–Crippen LogP) is 3.07. The molecule has 2 amide bonds. The number of hydrogen-bond acceptors (Lipinski definition) is 10. The van der Waals surface area contributed by atoms with Crippen molar-refractivity contribution in [1.29, 1.82) is 0 Å². The Labute approximate surface area is 237 Å². The van der Waals surface area contributed by atoms with Crippen molar-refractivity contribution in [3.05, 3.63) is 90.3 Å². The van der Waals surface area contributed by atoms with E-state index in [1.807, 2.05) is 48.5 Å². The molecule has 1 aromatic carbocycles. The van der Waals surface area contributed by atoms with Crippen LogP contribution in [0.25, 0.3) is 11.3 Å². The molecule has 1 fully saturated rings. The van der Waals surface area contributed by atoms with Crippen LogP contribution in [0, 0.1) is 0 Å². The second-order valence-corrected chi connectivity index (χ2v) is 9.21. The summed E-state index contributed by atoms with van der Waals surface area (Å²) in [5.74, 6) is -0.480. The first kappa shape index (κ1) is 27.5. The van der Waals surface area contributed by atoms with Crippen LogP contribution < -0.4 is 21.3 Å². The fraction of sp³-hybridized carbons (Fsp3) is 0.241. The lowest BCUT2D eigenvalue weighted by molar-refractivity contribution is 0.102. The number of ether oxygens (including phenoxy) is 2. The average Bonchev–Trinajstić information content (AvgIpc) is 3.02. The first-order valence-electron chi connectivity index (χ1n) is 13.2. The number of nitrogens with two attached hydrogens (primary N) is 1. The minimum atomic E-state index is -0.492. The van der Waals surface area contributed by atoms with Crippen molar-refractivity contribution in [2.75, 3.05) is 48.8 Å². The molecule has 41 heavy (non-hydrogen) atoms. The van der Waals surface area contributed by atoms with Gasteiger partial charge in [0.15, 0.2) is 11.5 Å². The van der Waals surface area contributed by atoms with Crippen LogP contribution >= 0.6 is 0 Å². The molecule has 0 radical (unpaired) electrons. The van der Waals surface area contributed by atoms with Gasteiger partial charge in [0, 0.05) is 49.7 Å². The Morgan fingerprint density at radius 2 is 1.83 bits per heavy atom. The summed E-state index contributed by atoms with van der Waals surface area (Å²) in [4.78, 5) is 44.5. The Balaban J connectivity index is 1.18. The molecule has 0 spiro atoms. The number of hydrogen-bond donors (Lipinski definition) is 3. The lowest BCUT2D eigenvalue weighted by Crippen LogP contribution is -2.36. The molecule has 210 valence electrons. The van der Waals surface area contributed by atoms with Gasteiger partial charge < -0.3 is 30.7 Å². The Morgan fingerprint density at radius 3 is 2.61 bits per heavy atom. The van der Waals surface area contributed by atoms with E-state index in [1.165, 1.54) is 6.20 Å². The van der Waals surface area contributed by atoms with Crippen molar-refractivity contribution >= 4 is 29.2 Å².